The van der Waals surface area contributed by atoms with Crippen molar-refractivity contribution in [1.29, 1.82) is 0 Å². The molecule has 0 amide bonds. The molecule has 1 aromatic heterocycles. The van der Waals surface area contributed by atoms with Crippen molar-refractivity contribution in [3.05, 3.63) is 45.2 Å². The molecule has 0 saturated carbocycles. The lowest BCUT2D eigenvalue weighted by atomic mass is 9.98. The molecule has 0 radical (unpaired) electrons. The molecule has 0 aliphatic rings. The zero-order valence-corrected chi connectivity index (χ0v) is 14.2. The highest BCUT2D eigenvalue weighted by Crippen LogP contribution is 2.29. The maximum atomic E-state index is 6.07. The van der Waals surface area contributed by atoms with Crippen molar-refractivity contribution in [3.63, 3.8) is 0 Å². The molecule has 0 saturated heterocycles. The fourth-order valence-electron chi connectivity index (χ4n) is 2.61. The van der Waals surface area contributed by atoms with Crippen LogP contribution in [0.3, 0.4) is 0 Å². The van der Waals surface area contributed by atoms with E-state index in [2.05, 4.69) is 22.2 Å². The van der Waals surface area contributed by atoms with Gasteiger partial charge in [-0.2, -0.15) is 0 Å². The summed E-state index contributed by atoms with van der Waals surface area (Å²) >= 11 is 12.0. The van der Waals surface area contributed by atoms with Crippen molar-refractivity contribution in [2.45, 2.75) is 26.7 Å². The molecule has 0 bridgehead atoms. The molecule has 5 heteroatoms. The van der Waals surface area contributed by atoms with Gasteiger partial charge in [0.15, 0.2) is 5.82 Å². The molecule has 0 aliphatic carbocycles. The second kappa shape index (κ2) is 6.73. The second-order valence-corrected chi connectivity index (χ2v) is 6.03. The highest BCUT2D eigenvalue weighted by atomic mass is 35.5. The number of hydrogen-bond acceptors (Lipinski definition) is 3. The van der Waals surface area contributed by atoms with Crippen LogP contribution in [0.15, 0.2) is 18.2 Å². The molecule has 112 valence electrons. The van der Waals surface area contributed by atoms with Gasteiger partial charge in [-0.3, -0.25) is 0 Å². The van der Waals surface area contributed by atoms with Crippen molar-refractivity contribution in [2.24, 2.45) is 0 Å². The Morgan fingerprint density at radius 3 is 2.24 bits per heavy atom. The number of rotatable bonds is 4. The van der Waals surface area contributed by atoms with Gasteiger partial charge in [0.05, 0.1) is 10.0 Å². The molecule has 1 heterocycles. The molecule has 1 unspecified atom stereocenters. The summed E-state index contributed by atoms with van der Waals surface area (Å²) in [4.78, 5) is 9.28. The van der Waals surface area contributed by atoms with Crippen LogP contribution in [0, 0.1) is 13.8 Å². The van der Waals surface area contributed by atoms with Crippen LogP contribution in [-0.4, -0.2) is 23.6 Å². The highest BCUT2D eigenvalue weighted by Gasteiger charge is 2.15. The van der Waals surface area contributed by atoms with Crippen molar-refractivity contribution >= 4 is 23.2 Å². The Morgan fingerprint density at radius 2 is 1.71 bits per heavy atom. The quantitative estimate of drug-likeness (QED) is 0.906. The molecule has 1 atom stereocenters. The van der Waals surface area contributed by atoms with Gasteiger partial charge in [0.1, 0.15) is 0 Å². The Labute approximate surface area is 135 Å². The highest BCUT2D eigenvalue weighted by molar-refractivity contribution is 6.42. The van der Waals surface area contributed by atoms with E-state index in [-0.39, 0.29) is 0 Å². The first-order valence-electron chi connectivity index (χ1n) is 6.89. The van der Waals surface area contributed by atoms with Crippen molar-refractivity contribution < 1.29 is 0 Å². The first-order chi connectivity index (χ1) is 9.93. The van der Waals surface area contributed by atoms with Crippen LogP contribution in [0.2, 0.25) is 10.0 Å². The van der Waals surface area contributed by atoms with E-state index in [4.69, 9.17) is 23.2 Å². The molecule has 2 rings (SSSR count). The van der Waals surface area contributed by atoms with Gasteiger partial charge < -0.3 is 5.32 Å². The maximum absolute atomic E-state index is 6.07. The fraction of sp³-hybridized carbons (Fsp3) is 0.375. The average molecular weight is 324 g/mol. The van der Waals surface area contributed by atoms with E-state index in [1.165, 1.54) is 5.56 Å². The summed E-state index contributed by atoms with van der Waals surface area (Å²) in [6.07, 6.45) is 0. The van der Waals surface area contributed by atoms with Gasteiger partial charge >= 0.3 is 0 Å². The number of benzene rings is 1. The number of likely N-dealkylation sites (N-methyl/N-ethyl adjacent to an activating group) is 1. The van der Waals surface area contributed by atoms with Crippen molar-refractivity contribution in [2.75, 3.05) is 13.6 Å². The van der Waals surface area contributed by atoms with E-state index in [0.29, 0.717) is 21.8 Å². The predicted octanol–water partition coefficient (Wildman–Crippen LogP) is 4.39. The minimum atomic E-state index is 0.373. The third-order valence-corrected chi connectivity index (χ3v) is 4.25. The van der Waals surface area contributed by atoms with Gasteiger partial charge in [0, 0.05) is 23.5 Å². The monoisotopic (exact) mass is 323 g/mol. The molecule has 3 nitrogen and oxygen atoms in total. The van der Waals surface area contributed by atoms with Crippen LogP contribution in [0.5, 0.6) is 0 Å². The third-order valence-electron chi connectivity index (χ3n) is 3.51. The summed E-state index contributed by atoms with van der Waals surface area (Å²) in [7, 11) is 1.95. The number of nitrogens with one attached hydrogen (secondary N) is 1. The Bertz CT molecular complexity index is 633. The zero-order chi connectivity index (χ0) is 15.6. The molecular weight excluding hydrogens is 305 g/mol. The minimum absolute atomic E-state index is 0.373. The Hall–Kier alpha value is -1.16. The van der Waals surface area contributed by atoms with Crippen LogP contribution < -0.4 is 5.32 Å². The number of halogens is 2. The van der Waals surface area contributed by atoms with Gasteiger partial charge in [0.25, 0.3) is 0 Å². The lowest BCUT2D eigenvalue weighted by Gasteiger charge is -2.17. The minimum Gasteiger partial charge on any atom is -0.319 e. The molecule has 0 aliphatic heterocycles. The first-order valence-corrected chi connectivity index (χ1v) is 7.64. The van der Waals surface area contributed by atoms with Crippen LogP contribution >= 0.6 is 23.2 Å². The summed E-state index contributed by atoms with van der Waals surface area (Å²) < 4.78 is 0. The average Bonchev–Trinajstić information content (AvgIpc) is 2.41. The standard InChI is InChI=1S/C16H19Cl2N3/c1-9(8-19-4)15-10(2)20-16(21-11(15)3)12-5-6-13(17)14(18)7-12/h5-7,9,19H,8H2,1-4H3. The molecule has 2 aromatic rings. The van der Waals surface area contributed by atoms with E-state index in [1.807, 2.05) is 27.0 Å². The third kappa shape index (κ3) is 3.54. The number of hydrogen-bond donors (Lipinski definition) is 1. The summed E-state index contributed by atoms with van der Waals surface area (Å²) in [6, 6.07) is 5.46. The lowest BCUT2D eigenvalue weighted by molar-refractivity contribution is 0.663. The Balaban J connectivity index is 2.46. The lowest BCUT2D eigenvalue weighted by Crippen LogP contribution is -2.17. The predicted molar refractivity (Wildman–Crippen MR) is 89.3 cm³/mol. The molecular formula is C16H19Cl2N3. The van der Waals surface area contributed by atoms with Gasteiger partial charge in [-0.05, 0) is 50.6 Å². The van der Waals surface area contributed by atoms with E-state index >= 15 is 0 Å². The molecule has 1 N–H and O–H groups in total. The van der Waals surface area contributed by atoms with E-state index in [1.54, 1.807) is 12.1 Å². The van der Waals surface area contributed by atoms with Crippen LogP contribution in [-0.2, 0) is 0 Å². The fourth-order valence-corrected chi connectivity index (χ4v) is 2.91. The number of aromatic nitrogens is 2. The topological polar surface area (TPSA) is 37.8 Å². The van der Waals surface area contributed by atoms with Crippen LogP contribution in [0.25, 0.3) is 11.4 Å². The Kier molecular flexibility index (Phi) is 5.20. The summed E-state index contributed by atoms with van der Waals surface area (Å²) in [5, 5.41) is 4.24. The summed E-state index contributed by atoms with van der Waals surface area (Å²) in [5.74, 6) is 1.06. The second-order valence-electron chi connectivity index (χ2n) is 5.22. The van der Waals surface area contributed by atoms with Gasteiger partial charge in [-0.1, -0.05) is 30.1 Å². The first kappa shape index (κ1) is 16.2. The summed E-state index contributed by atoms with van der Waals surface area (Å²) in [6.45, 7) is 7.12. The molecule has 21 heavy (non-hydrogen) atoms. The van der Waals surface area contributed by atoms with Gasteiger partial charge in [-0.15, -0.1) is 0 Å². The van der Waals surface area contributed by atoms with Crippen LogP contribution in [0.4, 0.5) is 0 Å². The molecule has 1 aromatic carbocycles. The molecule has 0 spiro atoms. The summed E-state index contributed by atoms with van der Waals surface area (Å²) in [5.41, 5.74) is 4.09. The largest absolute Gasteiger partial charge is 0.319 e. The number of aryl methyl sites for hydroxylation is 2. The normalized spacial score (nSPS) is 12.5. The van der Waals surface area contributed by atoms with E-state index < -0.39 is 0 Å². The Morgan fingerprint density at radius 1 is 1.10 bits per heavy atom. The number of nitrogens with zero attached hydrogens (tertiary/aromatic N) is 2. The SMILES string of the molecule is CNCC(C)c1c(C)nc(-c2ccc(Cl)c(Cl)c2)nc1C. The van der Waals surface area contributed by atoms with E-state index in [9.17, 15) is 0 Å². The smallest absolute Gasteiger partial charge is 0.159 e. The van der Waals surface area contributed by atoms with Crippen molar-refractivity contribution in [1.82, 2.24) is 15.3 Å². The maximum Gasteiger partial charge on any atom is 0.159 e. The van der Waals surface area contributed by atoms with Gasteiger partial charge in [0.2, 0.25) is 0 Å². The van der Waals surface area contributed by atoms with E-state index in [0.717, 1.165) is 23.5 Å². The zero-order valence-electron chi connectivity index (χ0n) is 12.7. The molecule has 0 fully saturated rings. The van der Waals surface area contributed by atoms with Crippen LogP contribution in [0.1, 0.15) is 29.8 Å². The van der Waals surface area contributed by atoms with Gasteiger partial charge in [-0.25, -0.2) is 9.97 Å². The van der Waals surface area contributed by atoms with Crippen molar-refractivity contribution in [3.8, 4) is 11.4 Å².